The maximum atomic E-state index is 13.6. The zero-order valence-corrected chi connectivity index (χ0v) is 21.1. The Hall–Kier alpha value is -3.13. The van der Waals surface area contributed by atoms with Gasteiger partial charge in [0.1, 0.15) is 11.6 Å². The summed E-state index contributed by atoms with van der Waals surface area (Å²) in [5.74, 6) is 1.25. The Bertz CT molecular complexity index is 1000. The average Bonchev–Trinajstić information content (AvgIpc) is 2.88. The van der Waals surface area contributed by atoms with Crippen LogP contribution in [-0.2, 0) is 9.59 Å². The second-order valence-corrected chi connectivity index (χ2v) is 9.46. The van der Waals surface area contributed by atoms with Gasteiger partial charge < -0.3 is 24.8 Å². The van der Waals surface area contributed by atoms with Crippen molar-refractivity contribution in [1.29, 1.82) is 0 Å². The van der Waals surface area contributed by atoms with Crippen LogP contribution < -0.4 is 15.0 Å². The van der Waals surface area contributed by atoms with E-state index in [1.165, 1.54) is 0 Å². The van der Waals surface area contributed by atoms with Gasteiger partial charge in [-0.3, -0.25) is 9.59 Å². The lowest BCUT2D eigenvalue weighted by Gasteiger charge is -2.41. The molecule has 4 rings (SSSR count). The summed E-state index contributed by atoms with van der Waals surface area (Å²) in [6.07, 6.45) is 4.47. The molecular weight excluding hydrogens is 442 g/mol. The van der Waals surface area contributed by atoms with Gasteiger partial charge in [-0.1, -0.05) is 31.5 Å². The lowest BCUT2D eigenvalue weighted by molar-refractivity contribution is -0.142. The normalized spacial score (nSPS) is 21.2. The summed E-state index contributed by atoms with van der Waals surface area (Å²) < 4.78 is 5.62. The summed E-state index contributed by atoms with van der Waals surface area (Å²) >= 11 is 0. The maximum absolute atomic E-state index is 13.6. The molecule has 0 bridgehead atoms. The van der Waals surface area contributed by atoms with Crippen LogP contribution in [0, 0.1) is 5.92 Å². The molecule has 2 aromatic rings. The molecular formula is C27H37N5O3. The first-order valence-electron chi connectivity index (χ1n) is 12.6. The van der Waals surface area contributed by atoms with Gasteiger partial charge in [0, 0.05) is 44.7 Å². The first-order valence-corrected chi connectivity index (χ1v) is 12.6. The van der Waals surface area contributed by atoms with E-state index in [-0.39, 0.29) is 23.8 Å². The van der Waals surface area contributed by atoms with Crippen molar-refractivity contribution in [2.45, 2.75) is 38.6 Å². The molecule has 3 heterocycles. The number of ether oxygens (including phenoxy) is 1. The molecule has 8 heteroatoms. The Morgan fingerprint density at radius 3 is 2.60 bits per heavy atom. The molecule has 2 atom stereocenters. The van der Waals surface area contributed by atoms with Gasteiger partial charge in [-0.05, 0) is 38.1 Å². The number of nitrogens with zero attached hydrogens (tertiary/aromatic N) is 4. The Kier molecular flexibility index (Phi) is 8.23. The molecule has 2 amide bonds. The van der Waals surface area contributed by atoms with Crippen molar-refractivity contribution in [3.63, 3.8) is 0 Å². The molecule has 35 heavy (non-hydrogen) atoms. The molecule has 2 saturated heterocycles. The number of piperazine rings is 1. The third-order valence-electron chi connectivity index (χ3n) is 7.10. The van der Waals surface area contributed by atoms with Crippen molar-refractivity contribution < 1.29 is 14.3 Å². The second kappa shape index (κ2) is 11.5. The van der Waals surface area contributed by atoms with Gasteiger partial charge in [-0.25, -0.2) is 4.98 Å². The molecule has 1 aromatic carbocycles. The highest BCUT2D eigenvalue weighted by atomic mass is 16.5. The van der Waals surface area contributed by atoms with Crippen molar-refractivity contribution in [3.05, 3.63) is 48.2 Å². The van der Waals surface area contributed by atoms with Crippen LogP contribution in [0.4, 0.5) is 11.5 Å². The number of carbonyl (C=O) groups excluding carboxylic acids is 2. The van der Waals surface area contributed by atoms with Crippen molar-refractivity contribution in [3.8, 4) is 5.75 Å². The number of carbonyl (C=O) groups is 2. The Balaban J connectivity index is 1.54. The summed E-state index contributed by atoms with van der Waals surface area (Å²) in [5.41, 5.74) is 1.55. The van der Waals surface area contributed by atoms with E-state index in [2.05, 4.69) is 34.1 Å². The van der Waals surface area contributed by atoms with Crippen LogP contribution in [0.25, 0.3) is 0 Å². The predicted octanol–water partition coefficient (Wildman–Crippen LogP) is 3.56. The number of likely N-dealkylation sites (N-methyl/N-ethyl adjacent to an activating group) is 1. The van der Waals surface area contributed by atoms with Crippen molar-refractivity contribution in [2.75, 3.05) is 57.1 Å². The number of pyridine rings is 1. The van der Waals surface area contributed by atoms with Gasteiger partial charge in [-0.15, -0.1) is 0 Å². The number of nitrogens with one attached hydrogen (secondary N) is 1. The zero-order valence-electron chi connectivity index (χ0n) is 21.1. The molecule has 1 N–H and O–H groups in total. The van der Waals surface area contributed by atoms with Gasteiger partial charge >= 0.3 is 0 Å². The highest BCUT2D eigenvalue weighted by Gasteiger charge is 2.41. The quantitative estimate of drug-likeness (QED) is 0.624. The van der Waals surface area contributed by atoms with Gasteiger partial charge in [0.2, 0.25) is 11.8 Å². The van der Waals surface area contributed by atoms with Crippen molar-refractivity contribution in [1.82, 2.24) is 14.8 Å². The Morgan fingerprint density at radius 1 is 1.14 bits per heavy atom. The van der Waals surface area contributed by atoms with Crippen LogP contribution in [0.15, 0.2) is 42.6 Å². The second-order valence-electron chi connectivity index (χ2n) is 9.46. The molecule has 1 aromatic heterocycles. The number of anilines is 2. The Labute approximate surface area is 208 Å². The lowest BCUT2D eigenvalue weighted by Crippen LogP contribution is -2.47. The van der Waals surface area contributed by atoms with Gasteiger partial charge in [0.05, 0.1) is 31.0 Å². The zero-order chi connectivity index (χ0) is 24.8. The van der Waals surface area contributed by atoms with E-state index in [1.54, 1.807) is 13.3 Å². The first-order chi connectivity index (χ1) is 17.0. The fraction of sp³-hybridized carbons (Fsp3) is 0.519. The minimum atomic E-state index is -0.377. The number of likely N-dealkylation sites (tertiary alicyclic amines) is 1. The van der Waals surface area contributed by atoms with E-state index < -0.39 is 0 Å². The standard InChI is InChI=1S/C27H37N5O3/c1-4-5-14-32-25(33)13-11-22(26(32)21-8-6-7-9-23(21)35-3)27(34)29-20-10-12-24(28-19-20)31-17-15-30(2)16-18-31/h6-10,12,19,22,26H,4-5,11,13-18H2,1-3H3,(H,29,34)/t22-,26-/m1/s1. The highest BCUT2D eigenvalue weighted by molar-refractivity contribution is 5.94. The van der Waals surface area contributed by atoms with Gasteiger partial charge in [0.15, 0.2) is 0 Å². The number of unbranched alkanes of at least 4 members (excludes halogenated alkanes) is 1. The number of hydrogen-bond donors (Lipinski definition) is 1. The molecule has 2 aliphatic rings. The van der Waals surface area contributed by atoms with E-state index >= 15 is 0 Å². The topological polar surface area (TPSA) is 78.0 Å². The van der Waals surface area contributed by atoms with Crippen molar-refractivity contribution >= 4 is 23.3 Å². The number of aromatic nitrogens is 1. The average molecular weight is 480 g/mol. The van der Waals surface area contributed by atoms with E-state index in [1.807, 2.05) is 41.3 Å². The number of amides is 2. The summed E-state index contributed by atoms with van der Waals surface area (Å²) in [7, 11) is 3.76. The summed E-state index contributed by atoms with van der Waals surface area (Å²) in [5, 5.41) is 3.07. The van der Waals surface area contributed by atoms with Crippen molar-refractivity contribution in [2.24, 2.45) is 5.92 Å². The van der Waals surface area contributed by atoms with Crippen LogP contribution in [0.1, 0.15) is 44.2 Å². The highest BCUT2D eigenvalue weighted by Crippen LogP contribution is 2.41. The summed E-state index contributed by atoms with van der Waals surface area (Å²) in [4.78, 5) is 37.6. The molecule has 0 radical (unpaired) electrons. The lowest BCUT2D eigenvalue weighted by atomic mass is 9.83. The van der Waals surface area contributed by atoms with Crippen LogP contribution in [0.2, 0.25) is 0 Å². The minimum absolute atomic E-state index is 0.0935. The third-order valence-corrected chi connectivity index (χ3v) is 7.10. The smallest absolute Gasteiger partial charge is 0.229 e. The molecule has 0 aliphatic carbocycles. The van der Waals surface area contributed by atoms with E-state index in [4.69, 9.17) is 4.74 Å². The molecule has 0 unspecified atom stereocenters. The van der Waals surface area contributed by atoms with E-state index in [9.17, 15) is 9.59 Å². The number of rotatable bonds is 8. The fourth-order valence-corrected chi connectivity index (χ4v) is 5.03. The number of piperidine rings is 1. The maximum Gasteiger partial charge on any atom is 0.229 e. The fourth-order valence-electron chi connectivity index (χ4n) is 5.03. The third kappa shape index (κ3) is 5.75. The van der Waals surface area contributed by atoms with E-state index in [0.29, 0.717) is 30.8 Å². The number of hydrogen-bond acceptors (Lipinski definition) is 6. The predicted molar refractivity (Wildman–Crippen MR) is 138 cm³/mol. The molecule has 188 valence electrons. The number of benzene rings is 1. The molecule has 2 aliphatic heterocycles. The number of para-hydroxylation sites is 1. The van der Waals surface area contributed by atoms with E-state index in [0.717, 1.165) is 50.4 Å². The number of methoxy groups -OCH3 is 1. The molecule has 0 spiro atoms. The summed E-state index contributed by atoms with van der Waals surface area (Å²) in [6, 6.07) is 11.2. The largest absolute Gasteiger partial charge is 0.496 e. The van der Waals surface area contributed by atoms with Crippen LogP contribution in [0.3, 0.4) is 0 Å². The SMILES string of the molecule is CCCCN1C(=O)CC[C@@H](C(=O)Nc2ccc(N3CCN(C)CC3)nc2)[C@H]1c1ccccc1OC. The van der Waals surface area contributed by atoms with Gasteiger partial charge in [0.25, 0.3) is 0 Å². The van der Waals surface area contributed by atoms with Crippen LogP contribution in [-0.4, -0.2) is 73.5 Å². The summed E-state index contributed by atoms with van der Waals surface area (Å²) in [6.45, 7) is 6.65. The minimum Gasteiger partial charge on any atom is -0.496 e. The van der Waals surface area contributed by atoms with Gasteiger partial charge in [-0.2, -0.15) is 0 Å². The molecule has 0 saturated carbocycles. The molecule has 8 nitrogen and oxygen atoms in total. The monoisotopic (exact) mass is 479 g/mol. The Morgan fingerprint density at radius 2 is 1.91 bits per heavy atom. The first kappa shape index (κ1) is 25.0. The van der Waals surface area contributed by atoms with Crippen LogP contribution in [0.5, 0.6) is 5.75 Å². The van der Waals surface area contributed by atoms with Crippen LogP contribution >= 0.6 is 0 Å². The molecule has 2 fully saturated rings.